The van der Waals surface area contributed by atoms with Gasteiger partial charge in [0.15, 0.2) is 0 Å². The first kappa shape index (κ1) is 11.4. The van der Waals surface area contributed by atoms with Crippen LogP contribution < -0.4 is 4.74 Å². The van der Waals surface area contributed by atoms with Gasteiger partial charge < -0.3 is 9.84 Å². The normalized spacial score (nSPS) is 15.9. The van der Waals surface area contributed by atoms with Crippen LogP contribution in [0.15, 0.2) is 18.2 Å². The van der Waals surface area contributed by atoms with E-state index in [1.54, 1.807) is 7.11 Å². The van der Waals surface area contributed by atoms with Crippen LogP contribution in [0, 0.1) is 0 Å². The Labute approximate surface area is 96.6 Å². The van der Waals surface area contributed by atoms with Crippen LogP contribution in [0.2, 0.25) is 0 Å². The minimum absolute atomic E-state index is 0.279. The summed E-state index contributed by atoms with van der Waals surface area (Å²) in [6.45, 7) is 3.33. The van der Waals surface area contributed by atoms with E-state index < -0.39 is 0 Å². The predicted octanol–water partition coefficient (Wildman–Crippen LogP) is 1.44. The Morgan fingerprint density at radius 2 is 2.25 bits per heavy atom. The van der Waals surface area contributed by atoms with Crippen LogP contribution in [0.5, 0.6) is 5.75 Å². The summed E-state index contributed by atoms with van der Waals surface area (Å²) in [5.41, 5.74) is 2.80. The molecule has 0 radical (unpaired) electrons. The second kappa shape index (κ2) is 5.32. The van der Waals surface area contributed by atoms with Crippen LogP contribution in [0.1, 0.15) is 17.5 Å². The molecule has 1 aromatic carbocycles. The van der Waals surface area contributed by atoms with Crippen LogP contribution in [0.3, 0.4) is 0 Å². The summed E-state index contributed by atoms with van der Waals surface area (Å²) in [6, 6.07) is 6.32. The van der Waals surface area contributed by atoms with Crippen LogP contribution in [-0.2, 0) is 13.0 Å². The maximum atomic E-state index is 8.83. The average Bonchev–Trinajstić information content (AvgIpc) is 2.35. The highest BCUT2D eigenvalue weighted by Crippen LogP contribution is 2.23. The summed E-state index contributed by atoms with van der Waals surface area (Å²) < 4.78 is 5.24. The van der Waals surface area contributed by atoms with Gasteiger partial charge in [0.25, 0.3) is 0 Å². The third-order valence-corrected chi connectivity index (χ3v) is 3.14. The summed E-state index contributed by atoms with van der Waals surface area (Å²) in [4.78, 5) is 2.39. The molecule has 2 rings (SSSR count). The molecule has 0 amide bonds. The number of ether oxygens (including phenoxy) is 1. The van der Waals surface area contributed by atoms with E-state index in [4.69, 9.17) is 9.84 Å². The lowest BCUT2D eigenvalue weighted by atomic mass is 9.99. The van der Waals surface area contributed by atoms with Gasteiger partial charge in [-0.3, -0.25) is 4.90 Å². The molecule has 0 aliphatic carbocycles. The van der Waals surface area contributed by atoms with Crippen molar-refractivity contribution in [1.29, 1.82) is 0 Å². The molecule has 0 atom stereocenters. The summed E-state index contributed by atoms with van der Waals surface area (Å²) in [5, 5.41) is 8.83. The van der Waals surface area contributed by atoms with Crippen molar-refractivity contribution >= 4 is 0 Å². The van der Waals surface area contributed by atoms with E-state index in [2.05, 4.69) is 17.0 Å². The van der Waals surface area contributed by atoms with E-state index >= 15 is 0 Å². The Kier molecular flexibility index (Phi) is 3.80. The molecule has 0 spiro atoms. The first-order valence-corrected chi connectivity index (χ1v) is 5.82. The molecule has 1 heterocycles. The molecule has 0 bridgehead atoms. The van der Waals surface area contributed by atoms with E-state index in [1.165, 1.54) is 11.1 Å². The van der Waals surface area contributed by atoms with Crippen molar-refractivity contribution in [2.45, 2.75) is 19.4 Å². The summed E-state index contributed by atoms with van der Waals surface area (Å²) in [6.07, 6.45) is 1.96. The lowest BCUT2D eigenvalue weighted by Crippen LogP contribution is -2.31. The molecule has 1 aromatic rings. The maximum absolute atomic E-state index is 8.83. The average molecular weight is 221 g/mol. The molecule has 0 fully saturated rings. The largest absolute Gasteiger partial charge is 0.497 e. The van der Waals surface area contributed by atoms with Gasteiger partial charge in [0.2, 0.25) is 0 Å². The zero-order valence-electron chi connectivity index (χ0n) is 9.78. The molecule has 1 aliphatic heterocycles. The molecule has 0 aromatic heterocycles. The van der Waals surface area contributed by atoms with Crippen LogP contribution in [-0.4, -0.2) is 36.8 Å². The van der Waals surface area contributed by atoms with Gasteiger partial charge in [-0.05, 0) is 36.1 Å². The number of benzene rings is 1. The highest BCUT2D eigenvalue weighted by Gasteiger charge is 2.15. The van der Waals surface area contributed by atoms with Crippen LogP contribution in [0.4, 0.5) is 0 Å². The molecule has 1 N–H and O–H groups in total. The third kappa shape index (κ3) is 2.54. The predicted molar refractivity (Wildman–Crippen MR) is 63.7 cm³/mol. The van der Waals surface area contributed by atoms with Crippen LogP contribution in [0.25, 0.3) is 0 Å². The fraction of sp³-hybridized carbons (Fsp3) is 0.538. The molecular formula is C13H19NO2. The Hall–Kier alpha value is -1.06. The van der Waals surface area contributed by atoms with Crippen LogP contribution >= 0.6 is 0 Å². The highest BCUT2D eigenvalue weighted by molar-refractivity contribution is 5.37. The van der Waals surface area contributed by atoms with Crippen molar-refractivity contribution in [3.05, 3.63) is 29.3 Å². The fourth-order valence-electron chi connectivity index (χ4n) is 2.20. The molecule has 0 unspecified atom stereocenters. The third-order valence-electron chi connectivity index (χ3n) is 3.14. The molecule has 0 saturated carbocycles. The molecule has 0 saturated heterocycles. The monoisotopic (exact) mass is 221 g/mol. The smallest absolute Gasteiger partial charge is 0.119 e. The number of aliphatic hydroxyl groups excluding tert-OH is 1. The van der Waals surface area contributed by atoms with Gasteiger partial charge in [0.05, 0.1) is 7.11 Å². The second-order valence-corrected chi connectivity index (χ2v) is 4.24. The summed E-state index contributed by atoms with van der Waals surface area (Å²) >= 11 is 0. The lowest BCUT2D eigenvalue weighted by Gasteiger charge is -2.28. The van der Waals surface area contributed by atoms with Gasteiger partial charge in [-0.1, -0.05) is 6.07 Å². The van der Waals surface area contributed by atoms with E-state index in [0.717, 1.165) is 38.2 Å². The summed E-state index contributed by atoms with van der Waals surface area (Å²) in [5.74, 6) is 0.933. The zero-order chi connectivity index (χ0) is 11.4. The standard InChI is InChI=1S/C13H19NO2/c1-16-13-4-3-11-5-7-14(6-2-8-15)10-12(11)9-13/h3-4,9,15H,2,5-8,10H2,1H3. The fourth-order valence-corrected chi connectivity index (χ4v) is 2.20. The van der Waals surface area contributed by atoms with E-state index in [-0.39, 0.29) is 6.61 Å². The Morgan fingerprint density at radius 1 is 1.38 bits per heavy atom. The number of aliphatic hydroxyl groups is 1. The molecule has 1 aliphatic rings. The van der Waals surface area contributed by atoms with Gasteiger partial charge in [0.1, 0.15) is 5.75 Å². The van der Waals surface area contributed by atoms with Gasteiger partial charge in [-0.25, -0.2) is 0 Å². The Bertz CT molecular complexity index is 352. The molecule has 88 valence electrons. The van der Waals surface area contributed by atoms with Gasteiger partial charge in [0, 0.05) is 26.2 Å². The quantitative estimate of drug-likeness (QED) is 0.835. The number of hydrogen-bond acceptors (Lipinski definition) is 3. The Balaban J connectivity index is 2.06. The van der Waals surface area contributed by atoms with Crippen molar-refractivity contribution < 1.29 is 9.84 Å². The van der Waals surface area contributed by atoms with Gasteiger partial charge in [-0.2, -0.15) is 0 Å². The SMILES string of the molecule is COc1ccc2c(c1)CN(CCCO)CC2. The first-order valence-electron chi connectivity index (χ1n) is 5.82. The minimum Gasteiger partial charge on any atom is -0.497 e. The number of hydrogen-bond donors (Lipinski definition) is 1. The molecule has 3 heteroatoms. The second-order valence-electron chi connectivity index (χ2n) is 4.24. The minimum atomic E-state index is 0.279. The number of fused-ring (bicyclic) bond motifs is 1. The van der Waals surface area contributed by atoms with E-state index in [9.17, 15) is 0 Å². The lowest BCUT2D eigenvalue weighted by molar-refractivity contribution is 0.212. The molecule has 3 nitrogen and oxygen atoms in total. The van der Waals surface area contributed by atoms with Gasteiger partial charge in [-0.15, -0.1) is 0 Å². The first-order chi connectivity index (χ1) is 7.83. The Morgan fingerprint density at radius 3 is 3.00 bits per heavy atom. The summed E-state index contributed by atoms with van der Waals surface area (Å²) in [7, 11) is 1.70. The van der Waals surface area contributed by atoms with Crippen molar-refractivity contribution in [3.63, 3.8) is 0 Å². The van der Waals surface area contributed by atoms with E-state index in [1.807, 2.05) is 6.07 Å². The molecular weight excluding hydrogens is 202 g/mol. The zero-order valence-corrected chi connectivity index (χ0v) is 9.78. The van der Waals surface area contributed by atoms with Crippen molar-refractivity contribution in [2.75, 3.05) is 26.8 Å². The highest BCUT2D eigenvalue weighted by atomic mass is 16.5. The number of methoxy groups -OCH3 is 1. The topological polar surface area (TPSA) is 32.7 Å². The van der Waals surface area contributed by atoms with Crippen molar-refractivity contribution in [1.82, 2.24) is 4.90 Å². The van der Waals surface area contributed by atoms with Gasteiger partial charge >= 0.3 is 0 Å². The maximum Gasteiger partial charge on any atom is 0.119 e. The van der Waals surface area contributed by atoms with E-state index in [0.29, 0.717) is 0 Å². The van der Waals surface area contributed by atoms with Crippen molar-refractivity contribution in [2.24, 2.45) is 0 Å². The van der Waals surface area contributed by atoms with Crippen molar-refractivity contribution in [3.8, 4) is 5.75 Å². The number of rotatable bonds is 4. The number of nitrogens with zero attached hydrogens (tertiary/aromatic N) is 1. The molecule has 16 heavy (non-hydrogen) atoms.